The van der Waals surface area contributed by atoms with Crippen LogP contribution in [0.5, 0.6) is 0 Å². The summed E-state index contributed by atoms with van der Waals surface area (Å²) in [6.45, 7) is 1.28. The Morgan fingerprint density at radius 1 is 1.00 bits per heavy atom. The molecule has 1 heterocycles. The average molecular weight is 406 g/mol. The number of rotatable bonds is 6. The molecule has 1 saturated carbocycles. The van der Waals surface area contributed by atoms with Crippen LogP contribution in [0.25, 0.3) is 0 Å². The zero-order valence-electron chi connectivity index (χ0n) is 17.7. The van der Waals surface area contributed by atoms with Gasteiger partial charge in [0.25, 0.3) is 5.91 Å². The topological polar surface area (TPSA) is 52.7 Å². The second-order valence-electron chi connectivity index (χ2n) is 8.49. The first-order chi connectivity index (χ1) is 14.6. The fraction of sp³-hybridized carbons (Fsp3) is 0.440. The lowest BCUT2D eigenvalue weighted by molar-refractivity contribution is -0.125. The van der Waals surface area contributed by atoms with Gasteiger partial charge in [-0.1, -0.05) is 49.2 Å². The van der Waals surface area contributed by atoms with Crippen molar-refractivity contribution in [2.24, 2.45) is 5.92 Å². The van der Waals surface area contributed by atoms with Gasteiger partial charge in [0.15, 0.2) is 0 Å². The minimum Gasteiger partial charge on any atom is -0.373 e. The van der Waals surface area contributed by atoms with Crippen LogP contribution in [0.2, 0.25) is 0 Å². The molecule has 2 aromatic carbocycles. The van der Waals surface area contributed by atoms with Gasteiger partial charge < -0.3 is 15.1 Å². The molecule has 2 fully saturated rings. The molecule has 30 heavy (non-hydrogen) atoms. The summed E-state index contributed by atoms with van der Waals surface area (Å²) >= 11 is 0. The number of nitrogens with zero attached hydrogens (tertiary/aromatic N) is 2. The molecule has 4 rings (SSSR count). The van der Waals surface area contributed by atoms with Crippen molar-refractivity contribution in [1.82, 2.24) is 10.2 Å². The number of anilines is 1. The predicted molar refractivity (Wildman–Crippen MR) is 119 cm³/mol. The minimum atomic E-state index is -0.368. The quantitative estimate of drug-likeness (QED) is 0.797. The third-order valence-electron chi connectivity index (χ3n) is 6.59. The van der Waals surface area contributed by atoms with Crippen LogP contribution in [0, 0.1) is 5.92 Å². The number of hydrogen-bond donors (Lipinski definition) is 1. The molecule has 3 atom stereocenters. The summed E-state index contributed by atoms with van der Waals surface area (Å²) in [5.74, 6) is 0.413. The third-order valence-corrected chi connectivity index (χ3v) is 6.59. The van der Waals surface area contributed by atoms with E-state index in [4.69, 9.17) is 0 Å². The van der Waals surface area contributed by atoms with E-state index in [1.165, 1.54) is 6.42 Å². The monoisotopic (exact) mass is 405 g/mol. The number of likely N-dealkylation sites (tertiary alicyclic amines) is 1. The first kappa shape index (κ1) is 20.5. The number of carbonyl (C=O) groups excluding carboxylic acids is 2. The van der Waals surface area contributed by atoms with Crippen LogP contribution in [-0.2, 0) is 4.79 Å². The average Bonchev–Trinajstić information content (AvgIpc) is 3.19. The Bertz CT molecular complexity index is 855. The van der Waals surface area contributed by atoms with E-state index >= 15 is 0 Å². The van der Waals surface area contributed by atoms with Crippen molar-refractivity contribution >= 4 is 17.5 Å². The molecule has 1 N–H and O–H groups in total. The molecule has 2 aromatic rings. The smallest absolute Gasteiger partial charge is 0.254 e. The van der Waals surface area contributed by atoms with Gasteiger partial charge in [-0.3, -0.25) is 9.59 Å². The molecule has 1 aliphatic heterocycles. The van der Waals surface area contributed by atoms with Crippen molar-refractivity contribution in [1.29, 1.82) is 0 Å². The fourth-order valence-corrected chi connectivity index (χ4v) is 4.99. The van der Waals surface area contributed by atoms with E-state index in [0.717, 1.165) is 37.9 Å². The lowest BCUT2D eigenvalue weighted by atomic mass is 9.84. The molecule has 5 heteroatoms. The largest absolute Gasteiger partial charge is 0.373 e. The van der Waals surface area contributed by atoms with Crippen LogP contribution in [0.15, 0.2) is 60.7 Å². The highest BCUT2D eigenvalue weighted by molar-refractivity contribution is 5.98. The highest BCUT2D eigenvalue weighted by Crippen LogP contribution is 2.40. The zero-order chi connectivity index (χ0) is 20.9. The van der Waals surface area contributed by atoms with Gasteiger partial charge in [-0.05, 0) is 49.4 Å². The maximum Gasteiger partial charge on any atom is 0.254 e. The SMILES string of the molecule is CN(CCNC(=O)C1CC2CCCCC2N1C(=O)c1ccccc1)c1ccccc1. The van der Waals surface area contributed by atoms with E-state index in [0.29, 0.717) is 18.0 Å². The van der Waals surface area contributed by atoms with Gasteiger partial charge in [0.2, 0.25) is 5.91 Å². The molecule has 0 spiro atoms. The molecule has 5 nitrogen and oxygen atoms in total. The van der Waals surface area contributed by atoms with Crippen LogP contribution >= 0.6 is 0 Å². The molecule has 0 bridgehead atoms. The number of nitrogens with one attached hydrogen (secondary N) is 1. The Kier molecular flexibility index (Phi) is 6.36. The number of fused-ring (bicyclic) bond motifs is 1. The van der Waals surface area contributed by atoms with E-state index in [1.54, 1.807) is 0 Å². The van der Waals surface area contributed by atoms with Crippen LogP contribution < -0.4 is 10.2 Å². The van der Waals surface area contributed by atoms with E-state index in [2.05, 4.69) is 22.3 Å². The lowest BCUT2D eigenvalue weighted by Crippen LogP contribution is -2.50. The molecule has 0 radical (unpaired) electrons. The molecule has 0 aromatic heterocycles. The summed E-state index contributed by atoms with van der Waals surface area (Å²) in [4.78, 5) is 30.5. The Labute approximate surface area is 179 Å². The van der Waals surface area contributed by atoms with Crippen molar-refractivity contribution < 1.29 is 9.59 Å². The molecular weight excluding hydrogens is 374 g/mol. The normalized spacial score (nSPS) is 23.0. The summed E-state index contributed by atoms with van der Waals surface area (Å²) < 4.78 is 0. The molecule has 2 amide bonds. The van der Waals surface area contributed by atoms with Crippen LogP contribution in [0.3, 0.4) is 0 Å². The minimum absolute atomic E-state index is 0.00782. The molecule has 2 aliphatic rings. The lowest BCUT2D eigenvalue weighted by Gasteiger charge is -2.33. The Morgan fingerprint density at radius 2 is 1.67 bits per heavy atom. The standard InChI is InChI=1S/C25H31N3O2/c1-27(21-13-6-3-7-14-21)17-16-26-24(29)23-18-20-12-8-9-15-22(20)28(23)25(30)19-10-4-2-5-11-19/h2-7,10-11,13-14,20,22-23H,8-9,12,15-18H2,1H3,(H,26,29). The summed E-state index contributed by atoms with van der Waals surface area (Å²) in [6.07, 6.45) is 5.23. The van der Waals surface area contributed by atoms with Gasteiger partial charge in [0.05, 0.1) is 0 Å². The number of hydrogen-bond acceptors (Lipinski definition) is 3. The number of amides is 2. The summed E-state index contributed by atoms with van der Waals surface area (Å²) in [5, 5.41) is 3.10. The van der Waals surface area contributed by atoms with Gasteiger partial charge in [0, 0.05) is 37.4 Å². The summed E-state index contributed by atoms with van der Waals surface area (Å²) in [5.41, 5.74) is 1.80. The number of carbonyl (C=O) groups is 2. The van der Waals surface area contributed by atoms with Crippen molar-refractivity contribution in [3.05, 3.63) is 66.2 Å². The molecule has 1 aliphatic carbocycles. The van der Waals surface area contributed by atoms with Gasteiger partial charge in [-0.25, -0.2) is 0 Å². The van der Waals surface area contributed by atoms with Crippen molar-refractivity contribution in [2.45, 2.75) is 44.2 Å². The third kappa shape index (κ3) is 4.35. The first-order valence-corrected chi connectivity index (χ1v) is 11.1. The van der Waals surface area contributed by atoms with Crippen LogP contribution in [-0.4, -0.2) is 48.9 Å². The predicted octanol–water partition coefficient (Wildman–Crippen LogP) is 3.71. The molecule has 3 unspecified atom stereocenters. The second kappa shape index (κ2) is 9.33. The molecule has 1 saturated heterocycles. The zero-order valence-corrected chi connectivity index (χ0v) is 17.7. The summed E-state index contributed by atoms with van der Waals surface area (Å²) in [7, 11) is 2.02. The Morgan fingerprint density at radius 3 is 2.40 bits per heavy atom. The van der Waals surface area contributed by atoms with E-state index in [9.17, 15) is 9.59 Å². The second-order valence-corrected chi connectivity index (χ2v) is 8.49. The van der Waals surface area contributed by atoms with Gasteiger partial charge >= 0.3 is 0 Å². The van der Waals surface area contributed by atoms with Crippen LogP contribution in [0.1, 0.15) is 42.5 Å². The first-order valence-electron chi connectivity index (χ1n) is 11.1. The highest BCUT2D eigenvalue weighted by atomic mass is 16.2. The fourth-order valence-electron chi connectivity index (χ4n) is 4.99. The van der Waals surface area contributed by atoms with E-state index in [1.807, 2.05) is 60.5 Å². The van der Waals surface area contributed by atoms with Gasteiger partial charge in [-0.2, -0.15) is 0 Å². The van der Waals surface area contributed by atoms with Crippen molar-refractivity contribution in [2.75, 3.05) is 25.0 Å². The van der Waals surface area contributed by atoms with Crippen molar-refractivity contribution in [3.8, 4) is 0 Å². The number of likely N-dealkylation sites (N-methyl/N-ethyl adjacent to an activating group) is 1. The summed E-state index contributed by atoms with van der Waals surface area (Å²) in [6, 6.07) is 19.3. The highest BCUT2D eigenvalue weighted by Gasteiger charge is 2.47. The van der Waals surface area contributed by atoms with E-state index in [-0.39, 0.29) is 23.9 Å². The Hall–Kier alpha value is -2.82. The van der Waals surface area contributed by atoms with Crippen LogP contribution in [0.4, 0.5) is 5.69 Å². The van der Waals surface area contributed by atoms with Crippen molar-refractivity contribution in [3.63, 3.8) is 0 Å². The molecular formula is C25H31N3O2. The Balaban J connectivity index is 1.42. The van der Waals surface area contributed by atoms with Gasteiger partial charge in [-0.15, -0.1) is 0 Å². The maximum absolute atomic E-state index is 13.3. The number of para-hydroxylation sites is 1. The number of benzene rings is 2. The van der Waals surface area contributed by atoms with E-state index < -0.39 is 0 Å². The van der Waals surface area contributed by atoms with Gasteiger partial charge in [0.1, 0.15) is 6.04 Å². The molecule has 158 valence electrons. The maximum atomic E-state index is 13.3.